The van der Waals surface area contributed by atoms with Gasteiger partial charge in [0.05, 0.1) is 0 Å². The molecule has 2 fully saturated rings. The van der Waals surface area contributed by atoms with Gasteiger partial charge in [0.15, 0.2) is 0 Å². The molecule has 3 nitrogen and oxygen atoms in total. The molecule has 2 aliphatic heterocycles. The van der Waals surface area contributed by atoms with Gasteiger partial charge in [-0.05, 0) is 0 Å². The molecule has 7 heteroatoms. The maximum absolute atomic E-state index is 14.2. The zero-order valence-corrected chi connectivity index (χ0v) is 11.1. The van der Waals surface area contributed by atoms with Crippen LogP contribution in [0.2, 0.25) is 0 Å². The second-order valence-electron chi connectivity index (χ2n) is 4.59. The maximum atomic E-state index is 14.2. The Morgan fingerprint density at radius 2 is 1.29 bits per heavy atom. The van der Waals surface area contributed by atoms with Crippen LogP contribution in [0.4, 0.5) is 8.39 Å². The first-order valence-corrected chi connectivity index (χ1v) is 7.98. The second kappa shape index (κ2) is 5.82. The quantitative estimate of drug-likeness (QED) is 0.504. The molecule has 2 aliphatic rings. The van der Waals surface area contributed by atoms with E-state index in [1.165, 1.54) is 0 Å². The van der Waals surface area contributed by atoms with E-state index < -0.39 is 19.1 Å². The topological polar surface area (TPSA) is 41.5 Å². The molecule has 0 aromatic carbocycles. The van der Waals surface area contributed by atoms with Gasteiger partial charge in [-0.2, -0.15) is 0 Å². The van der Waals surface area contributed by atoms with Crippen molar-refractivity contribution in [2.45, 2.75) is 50.2 Å². The zero-order chi connectivity index (χ0) is 11.7. The fourth-order valence-corrected chi connectivity index (χ4v) is 4.71. The summed E-state index contributed by atoms with van der Waals surface area (Å²) in [5.74, 6) is -2.80. The molecule has 0 amide bonds. The predicted molar refractivity (Wildman–Crippen MR) is 56.3 cm³/mol. The molecule has 0 saturated carbocycles. The van der Waals surface area contributed by atoms with E-state index in [9.17, 15) is 13.3 Å². The first-order valence-electron chi connectivity index (χ1n) is 5.90. The van der Waals surface area contributed by atoms with Crippen LogP contribution in [0.3, 0.4) is 0 Å². The Bertz CT molecular complexity index is 226. The van der Waals surface area contributed by atoms with Crippen molar-refractivity contribution < 1.29 is 41.6 Å². The Kier molecular flexibility index (Phi) is 5.42. The van der Waals surface area contributed by atoms with Crippen molar-refractivity contribution in [2.75, 3.05) is 13.2 Å². The summed E-state index contributed by atoms with van der Waals surface area (Å²) in [7, 11) is -6.07. The van der Waals surface area contributed by atoms with Gasteiger partial charge in [0.1, 0.15) is 0 Å². The molecule has 2 heterocycles. The van der Waals surface area contributed by atoms with E-state index in [1.807, 2.05) is 0 Å². The van der Waals surface area contributed by atoms with E-state index in [4.69, 9.17) is 9.47 Å². The molecule has 17 heavy (non-hydrogen) atoms. The number of rotatable bonds is 2. The Morgan fingerprint density at radius 1 is 0.882 bits per heavy atom. The molecular formula is C10H18F2LiO3P. The van der Waals surface area contributed by atoms with Gasteiger partial charge in [0, 0.05) is 0 Å². The van der Waals surface area contributed by atoms with Crippen LogP contribution in [0.25, 0.3) is 0 Å². The summed E-state index contributed by atoms with van der Waals surface area (Å²) in [6, 6.07) is 0. The van der Waals surface area contributed by atoms with Gasteiger partial charge in [-0.3, -0.25) is 0 Å². The van der Waals surface area contributed by atoms with Crippen LogP contribution in [0, 0.1) is 0 Å². The first-order chi connectivity index (χ1) is 7.49. The molecule has 0 N–H and O–H groups in total. The molecule has 0 aliphatic carbocycles. The van der Waals surface area contributed by atoms with Crippen molar-refractivity contribution in [1.82, 2.24) is 0 Å². The van der Waals surface area contributed by atoms with Crippen LogP contribution >= 0.6 is 7.45 Å². The van der Waals surface area contributed by atoms with E-state index in [0.717, 1.165) is 12.8 Å². The summed E-state index contributed by atoms with van der Waals surface area (Å²) in [5, 5.41) is 0. The van der Waals surface area contributed by atoms with Gasteiger partial charge in [0.25, 0.3) is 0 Å². The number of hydrogen-bond acceptors (Lipinski definition) is 3. The molecule has 0 spiro atoms. The minimum absolute atomic E-state index is 0. The summed E-state index contributed by atoms with van der Waals surface area (Å²) >= 11 is 0. The molecule has 96 valence electrons. The predicted octanol–water partition coefficient (Wildman–Crippen LogP) is -0.359. The van der Waals surface area contributed by atoms with Crippen LogP contribution < -0.4 is 23.8 Å². The summed E-state index contributed by atoms with van der Waals surface area (Å²) < 4.78 is 38.4. The van der Waals surface area contributed by atoms with Gasteiger partial charge in [-0.15, -0.1) is 0 Å². The van der Waals surface area contributed by atoms with E-state index in [2.05, 4.69) is 0 Å². The molecule has 2 rings (SSSR count). The average molecular weight is 262 g/mol. The number of hydrogen-bond donors (Lipinski definition) is 0. The van der Waals surface area contributed by atoms with Crippen LogP contribution in [-0.4, -0.2) is 24.9 Å². The van der Waals surface area contributed by atoms with Gasteiger partial charge in [-0.25, -0.2) is 0 Å². The fourth-order valence-electron chi connectivity index (χ4n) is 2.34. The van der Waals surface area contributed by atoms with E-state index in [-0.39, 0.29) is 44.9 Å². The van der Waals surface area contributed by atoms with Crippen molar-refractivity contribution in [1.29, 1.82) is 0 Å². The van der Waals surface area contributed by atoms with Crippen molar-refractivity contribution in [3.63, 3.8) is 0 Å². The normalized spacial score (nSPS) is 33.2. The Balaban J connectivity index is 0.00000144. The van der Waals surface area contributed by atoms with Crippen molar-refractivity contribution in [3.05, 3.63) is 0 Å². The van der Waals surface area contributed by atoms with Crippen LogP contribution in [-0.2, 0) is 9.47 Å². The summed E-state index contributed by atoms with van der Waals surface area (Å²) in [5.41, 5.74) is 0. The third kappa shape index (κ3) is 3.41. The standard InChI is InChI=1S/C10H18F2O3P.Li/c11-16(12,13,9-5-1-3-7-14-9)10-6-2-4-8-15-10;/h9-10H,1-8H2;/q-1;+1. The molecule has 0 bridgehead atoms. The molecule has 0 radical (unpaired) electrons. The molecule has 0 aromatic heterocycles. The van der Waals surface area contributed by atoms with E-state index in [1.54, 1.807) is 0 Å². The van der Waals surface area contributed by atoms with Crippen molar-refractivity contribution >= 4 is 7.45 Å². The zero-order valence-electron chi connectivity index (χ0n) is 10.2. The summed E-state index contributed by atoms with van der Waals surface area (Å²) in [6.07, 6.45) is 3.24. The first kappa shape index (κ1) is 15.8. The third-order valence-electron chi connectivity index (χ3n) is 3.31. The summed E-state index contributed by atoms with van der Waals surface area (Å²) in [4.78, 5) is 11.9. The van der Waals surface area contributed by atoms with E-state index >= 15 is 0 Å². The molecule has 0 aromatic rings. The average Bonchev–Trinajstić information content (AvgIpc) is 2.31. The van der Waals surface area contributed by atoms with Crippen molar-refractivity contribution in [3.8, 4) is 0 Å². The van der Waals surface area contributed by atoms with Gasteiger partial charge in [-0.1, -0.05) is 0 Å². The number of ether oxygens (including phenoxy) is 2. The minimum atomic E-state index is -6.07. The van der Waals surface area contributed by atoms with E-state index in [0.29, 0.717) is 12.8 Å². The SMILES string of the molecule is [Li+].[O-]P(F)(F)(C1CCCCO1)C1CCCCO1. The van der Waals surface area contributed by atoms with Gasteiger partial charge >= 0.3 is 113 Å². The Morgan fingerprint density at radius 3 is 1.59 bits per heavy atom. The van der Waals surface area contributed by atoms with Crippen LogP contribution in [0.15, 0.2) is 0 Å². The van der Waals surface area contributed by atoms with Crippen molar-refractivity contribution in [2.24, 2.45) is 0 Å². The molecule has 2 unspecified atom stereocenters. The summed E-state index contributed by atoms with van der Waals surface area (Å²) in [6.45, 7) is 0.566. The Hall–Kier alpha value is 0.767. The van der Waals surface area contributed by atoms with Gasteiger partial charge < -0.3 is 0 Å². The molecular weight excluding hydrogens is 244 g/mol. The third-order valence-corrected chi connectivity index (χ3v) is 6.14. The monoisotopic (exact) mass is 262 g/mol. The Labute approximate surface area is 113 Å². The fraction of sp³-hybridized carbons (Fsp3) is 1.00. The molecule has 2 saturated heterocycles. The second-order valence-corrected chi connectivity index (χ2v) is 7.65. The van der Waals surface area contributed by atoms with Gasteiger partial charge in [0.2, 0.25) is 0 Å². The molecule has 2 atom stereocenters. The van der Waals surface area contributed by atoms with Crippen LogP contribution in [0.5, 0.6) is 0 Å². The van der Waals surface area contributed by atoms with Crippen LogP contribution in [0.1, 0.15) is 38.5 Å². The number of halogens is 2.